The van der Waals surface area contributed by atoms with Crippen molar-refractivity contribution >= 4 is 11.5 Å². The summed E-state index contributed by atoms with van der Waals surface area (Å²) < 4.78 is 2.45. The molecular weight excluding hydrogens is 256 g/mol. The zero-order chi connectivity index (χ0) is 15.4. The van der Waals surface area contributed by atoms with E-state index < -0.39 is 11.2 Å². The number of terminal acetylenes is 1. The lowest BCUT2D eigenvalue weighted by Gasteiger charge is -2.19. The first-order chi connectivity index (χ1) is 9.33. The Morgan fingerprint density at radius 3 is 2.45 bits per heavy atom. The first-order valence-electron chi connectivity index (χ1n) is 6.65. The second kappa shape index (κ2) is 6.33. The molecule has 1 rings (SSSR count). The van der Waals surface area contributed by atoms with Crippen LogP contribution >= 0.6 is 0 Å². The van der Waals surface area contributed by atoms with E-state index in [1.165, 1.54) is 11.6 Å². The van der Waals surface area contributed by atoms with Crippen LogP contribution in [0.4, 0.5) is 11.5 Å². The molecule has 1 atom stereocenters. The molecule has 0 aromatic carbocycles. The number of nitrogen functional groups attached to an aromatic ring is 1. The van der Waals surface area contributed by atoms with Crippen LogP contribution in [-0.4, -0.2) is 15.2 Å². The number of hydrogen-bond acceptors (Lipinski definition) is 4. The van der Waals surface area contributed by atoms with Crippen molar-refractivity contribution < 1.29 is 0 Å². The quantitative estimate of drug-likeness (QED) is 0.773. The summed E-state index contributed by atoms with van der Waals surface area (Å²) in [5.74, 6) is 2.92. The van der Waals surface area contributed by atoms with Gasteiger partial charge < -0.3 is 11.1 Å². The Balaban J connectivity index is 3.46. The van der Waals surface area contributed by atoms with Gasteiger partial charge in [0.1, 0.15) is 11.5 Å². The lowest BCUT2D eigenvalue weighted by Crippen LogP contribution is -2.42. The summed E-state index contributed by atoms with van der Waals surface area (Å²) in [7, 11) is 1.43. The zero-order valence-corrected chi connectivity index (χ0v) is 12.4. The second-order valence-electron chi connectivity index (χ2n) is 5.18. The first kappa shape index (κ1) is 15.9. The number of hydrogen-bond donors (Lipinski definition) is 2. The van der Waals surface area contributed by atoms with E-state index >= 15 is 0 Å². The molecule has 0 radical (unpaired) electrons. The lowest BCUT2D eigenvalue weighted by molar-refractivity contribution is 0.494. The molecule has 0 bridgehead atoms. The van der Waals surface area contributed by atoms with Gasteiger partial charge in [-0.05, 0) is 12.3 Å². The molecule has 1 aromatic heterocycles. The highest BCUT2D eigenvalue weighted by Crippen LogP contribution is 2.14. The van der Waals surface area contributed by atoms with Gasteiger partial charge in [-0.3, -0.25) is 13.9 Å². The van der Waals surface area contributed by atoms with Crippen LogP contribution < -0.4 is 22.3 Å². The third-order valence-corrected chi connectivity index (χ3v) is 3.06. The fourth-order valence-electron chi connectivity index (χ4n) is 1.90. The van der Waals surface area contributed by atoms with Gasteiger partial charge in [-0.15, -0.1) is 6.42 Å². The van der Waals surface area contributed by atoms with E-state index in [0.717, 1.165) is 4.57 Å². The minimum absolute atomic E-state index is 0.139. The molecule has 0 aliphatic rings. The first-order valence-corrected chi connectivity index (χ1v) is 6.65. The van der Waals surface area contributed by atoms with Crippen molar-refractivity contribution in [3.05, 3.63) is 20.8 Å². The van der Waals surface area contributed by atoms with E-state index in [9.17, 15) is 9.59 Å². The molecule has 0 aliphatic carbocycles. The molecule has 0 amide bonds. The molecule has 1 unspecified atom stereocenters. The Kier molecular flexibility index (Phi) is 5.03. The fraction of sp³-hybridized carbons (Fsp3) is 0.571. The van der Waals surface area contributed by atoms with Crippen molar-refractivity contribution in [3.8, 4) is 12.3 Å². The molecule has 20 heavy (non-hydrogen) atoms. The summed E-state index contributed by atoms with van der Waals surface area (Å²) >= 11 is 0. The summed E-state index contributed by atoms with van der Waals surface area (Å²) in [5, 5.41) is 2.94. The number of nitrogens with one attached hydrogen (secondary N) is 1. The third-order valence-electron chi connectivity index (χ3n) is 3.06. The van der Waals surface area contributed by atoms with Crippen LogP contribution in [0.2, 0.25) is 0 Å². The maximum atomic E-state index is 12.2. The van der Waals surface area contributed by atoms with Crippen LogP contribution in [0.15, 0.2) is 9.59 Å². The summed E-state index contributed by atoms with van der Waals surface area (Å²) in [6.45, 7) is 6.30. The third kappa shape index (κ3) is 3.05. The molecule has 0 fully saturated rings. The summed E-state index contributed by atoms with van der Waals surface area (Å²) in [4.78, 5) is 24.3. The van der Waals surface area contributed by atoms with E-state index in [-0.39, 0.29) is 23.5 Å². The lowest BCUT2D eigenvalue weighted by atomic mass is 10.2. The van der Waals surface area contributed by atoms with Crippen LogP contribution in [0.25, 0.3) is 0 Å². The van der Waals surface area contributed by atoms with Gasteiger partial charge in [0.2, 0.25) is 0 Å². The summed E-state index contributed by atoms with van der Waals surface area (Å²) in [5.41, 5.74) is 5.30. The van der Waals surface area contributed by atoms with Gasteiger partial charge in [0.15, 0.2) is 0 Å². The largest absolute Gasteiger partial charge is 0.383 e. The van der Waals surface area contributed by atoms with E-state index in [2.05, 4.69) is 11.2 Å². The van der Waals surface area contributed by atoms with E-state index in [0.29, 0.717) is 13.0 Å². The number of rotatable bonds is 5. The topological polar surface area (TPSA) is 82.0 Å². The van der Waals surface area contributed by atoms with Gasteiger partial charge in [-0.1, -0.05) is 26.7 Å². The normalized spacial score (nSPS) is 12.2. The Morgan fingerprint density at radius 2 is 2.00 bits per heavy atom. The van der Waals surface area contributed by atoms with Gasteiger partial charge in [0.05, 0.1) is 6.04 Å². The van der Waals surface area contributed by atoms with Crippen LogP contribution in [0.3, 0.4) is 0 Å². The van der Waals surface area contributed by atoms with Gasteiger partial charge >= 0.3 is 5.69 Å². The molecule has 1 aromatic rings. The zero-order valence-electron chi connectivity index (χ0n) is 12.4. The maximum absolute atomic E-state index is 12.2. The van der Waals surface area contributed by atoms with Gasteiger partial charge in [0.25, 0.3) is 5.56 Å². The van der Waals surface area contributed by atoms with Crippen molar-refractivity contribution in [2.24, 2.45) is 13.0 Å². The number of anilines is 2. The van der Waals surface area contributed by atoms with E-state index in [1.54, 1.807) is 0 Å². The SMILES string of the molecule is C#CC(CC)Nc1c(N)n(CC(C)C)c(=O)n(C)c1=O. The molecule has 0 saturated heterocycles. The average Bonchev–Trinajstić information content (AvgIpc) is 2.41. The minimum atomic E-state index is -0.457. The van der Waals surface area contributed by atoms with E-state index in [1.807, 2.05) is 20.8 Å². The molecule has 0 aliphatic heterocycles. The number of aromatic nitrogens is 2. The summed E-state index contributed by atoms with van der Waals surface area (Å²) in [6.07, 6.45) is 6.04. The van der Waals surface area contributed by atoms with Crippen molar-refractivity contribution in [2.75, 3.05) is 11.1 Å². The molecule has 110 valence electrons. The Labute approximate surface area is 118 Å². The molecule has 3 N–H and O–H groups in total. The standard InChI is InChI=1S/C14H22N4O2/c1-6-10(7-2)16-11-12(15)18(8-9(3)4)14(20)17(5)13(11)19/h1,9-10,16H,7-8,15H2,2-5H3. The molecule has 6 nitrogen and oxygen atoms in total. The van der Waals surface area contributed by atoms with Gasteiger partial charge in [0, 0.05) is 13.6 Å². The van der Waals surface area contributed by atoms with Crippen LogP contribution in [0, 0.1) is 18.3 Å². The predicted octanol–water partition coefficient (Wildman–Crippen LogP) is 0.609. The van der Waals surface area contributed by atoms with Crippen molar-refractivity contribution in [2.45, 2.75) is 39.8 Å². The average molecular weight is 278 g/mol. The Bertz CT molecular complexity index is 634. The Hall–Kier alpha value is -2.16. The molecule has 0 saturated carbocycles. The highest BCUT2D eigenvalue weighted by molar-refractivity contribution is 5.61. The molecule has 6 heteroatoms. The van der Waals surface area contributed by atoms with Crippen molar-refractivity contribution in [3.63, 3.8) is 0 Å². The van der Waals surface area contributed by atoms with Crippen LogP contribution in [0.1, 0.15) is 27.2 Å². The minimum Gasteiger partial charge on any atom is -0.383 e. The fourth-order valence-corrected chi connectivity index (χ4v) is 1.90. The molecular formula is C14H22N4O2. The second-order valence-corrected chi connectivity index (χ2v) is 5.18. The highest BCUT2D eigenvalue weighted by Gasteiger charge is 2.17. The predicted molar refractivity (Wildman–Crippen MR) is 81.7 cm³/mol. The van der Waals surface area contributed by atoms with E-state index in [4.69, 9.17) is 12.2 Å². The molecule has 1 heterocycles. The van der Waals surface area contributed by atoms with Crippen LogP contribution in [0.5, 0.6) is 0 Å². The van der Waals surface area contributed by atoms with Crippen LogP contribution in [-0.2, 0) is 13.6 Å². The van der Waals surface area contributed by atoms with Crippen molar-refractivity contribution in [1.82, 2.24) is 9.13 Å². The number of nitrogens with two attached hydrogens (primary N) is 1. The maximum Gasteiger partial charge on any atom is 0.332 e. The monoisotopic (exact) mass is 278 g/mol. The molecule has 0 spiro atoms. The van der Waals surface area contributed by atoms with Gasteiger partial charge in [-0.2, -0.15) is 0 Å². The summed E-state index contributed by atoms with van der Waals surface area (Å²) in [6, 6.07) is -0.296. The Morgan fingerprint density at radius 1 is 1.40 bits per heavy atom. The smallest absolute Gasteiger partial charge is 0.332 e. The van der Waals surface area contributed by atoms with Crippen molar-refractivity contribution in [1.29, 1.82) is 0 Å². The highest BCUT2D eigenvalue weighted by atomic mass is 16.2. The number of nitrogens with zero attached hydrogens (tertiary/aromatic N) is 2. The van der Waals surface area contributed by atoms with Gasteiger partial charge in [-0.25, -0.2) is 4.79 Å².